The molecule has 4 bridgehead atoms. The molecule has 5 fully saturated rings. The first kappa shape index (κ1) is 18.8. The van der Waals surface area contributed by atoms with Gasteiger partial charge in [-0.05, 0) is 81.5 Å². The van der Waals surface area contributed by atoms with Gasteiger partial charge in [0.2, 0.25) is 5.91 Å². The molecule has 2 amide bonds. The average Bonchev–Trinajstić information content (AvgIpc) is 3.12. The standard InChI is InChI=1S/C21H32N2O4/c1-14(20(26)23-4-2-3-5-23)27-19(25)13-22-18(24)12-21-9-15-6-16(10-21)8-17(7-15)11-21/h14-17H,2-13H2,1H3,(H,22,24)/t14-,15?,16?,17?,21?/m0/s1. The van der Waals surface area contributed by atoms with Crippen LogP contribution in [0.1, 0.15) is 64.7 Å². The van der Waals surface area contributed by atoms with Gasteiger partial charge in [0.15, 0.2) is 6.10 Å². The number of nitrogens with zero attached hydrogens (tertiary/aromatic N) is 1. The summed E-state index contributed by atoms with van der Waals surface area (Å²) in [5, 5.41) is 2.73. The maximum Gasteiger partial charge on any atom is 0.326 e. The van der Waals surface area contributed by atoms with Gasteiger partial charge in [0.25, 0.3) is 5.91 Å². The summed E-state index contributed by atoms with van der Waals surface area (Å²) in [5.74, 6) is 1.71. The first-order valence-electron chi connectivity index (χ1n) is 10.7. The number of hydrogen-bond acceptors (Lipinski definition) is 4. The molecule has 6 nitrogen and oxygen atoms in total. The average molecular weight is 376 g/mol. The van der Waals surface area contributed by atoms with Crippen LogP contribution in [0, 0.1) is 23.2 Å². The molecule has 0 aromatic heterocycles. The number of carbonyl (C=O) groups is 3. The van der Waals surface area contributed by atoms with Crippen molar-refractivity contribution in [2.45, 2.75) is 70.8 Å². The summed E-state index contributed by atoms with van der Waals surface area (Å²) >= 11 is 0. The second-order valence-electron chi connectivity index (χ2n) is 9.54. The summed E-state index contributed by atoms with van der Waals surface area (Å²) in [6, 6.07) is 0. The number of hydrogen-bond donors (Lipinski definition) is 1. The maximum absolute atomic E-state index is 12.5. The molecule has 1 N–H and O–H groups in total. The Bertz CT molecular complexity index is 576. The molecule has 0 radical (unpaired) electrons. The quantitative estimate of drug-likeness (QED) is 0.722. The topological polar surface area (TPSA) is 75.7 Å². The zero-order chi connectivity index (χ0) is 19.0. The zero-order valence-corrected chi connectivity index (χ0v) is 16.4. The van der Waals surface area contributed by atoms with E-state index in [4.69, 9.17) is 4.74 Å². The van der Waals surface area contributed by atoms with E-state index in [9.17, 15) is 14.4 Å². The van der Waals surface area contributed by atoms with Crippen molar-refractivity contribution < 1.29 is 19.1 Å². The van der Waals surface area contributed by atoms with Crippen LogP contribution < -0.4 is 5.32 Å². The molecule has 1 saturated heterocycles. The third-order valence-corrected chi connectivity index (χ3v) is 7.20. The molecule has 4 aliphatic carbocycles. The molecule has 0 aromatic carbocycles. The van der Waals surface area contributed by atoms with Crippen LogP contribution in [0.25, 0.3) is 0 Å². The number of esters is 1. The number of ether oxygens (including phenoxy) is 1. The van der Waals surface area contributed by atoms with Crippen LogP contribution in [0.5, 0.6) is 0 Å². The molecule has 0 aromatic rings. The maximum atomic E-state index is 12.5. The third kappa shape index (κ3) is 4.14. The van der Waals surface area contributed by atoms with Crippen molar-refractivity contribution in [3.8, 4) is 0 Å². The molecule has 1 heterocycles. The number of amides is 2. The van der Waals surface area contributed by atoms with E-state index in [0.717, 1.165) is 43.7 Å². The SMILES string of the molecule is C[C@H](OC(=O)CNC(=O)CC12CC3CC(CC(C3)C1)C2)C(=O)N1CCCC1. The predicted molar refractivity (Wildman–Crippen MR) is 99.6 cm³/mol. The van der Waals surface area contributed by atoms with Crippen LogP contribution in [-0.2, 0) is 19.1 Å². The van der Waals surface area contributed by atoms with Crippen LogP contribution in [0.4, 0.5) is 0 Å². The lowest BCUT2D eigenvalue weighted by molar-refractivity contribution is -0.158. The summed E-state index contributed by atoms with van der Waals surface area (Å²) in [6.07, 6.45) is 9.37. The molecule has 6 heteroatoms. The fraction of sp³-hybridized carbons (Fsp3) is 0.857. The van der Waals surface area contributed by atoms with Gasteiger partial charge in [-0.1, -0.05) is 0 Å². The lowest BCUT2D eigenvalue weighted by Gasteiger charge is -2.56. The second-order valence-corrected chi connectivity index (χ2v) is 9.54. The van der Waals surface area contributed by atoms with E-state index in [-0.39, 0.29) is 23.8 Å². The van der Waals surface area contributed by atoms with Crippen LogP contribution >= 0.6 is 0 Å². The highest BCUT2D eigenvalue weighted by atomic mass is 16.5. The lowest BCUT2D eigenvalue weighted by atomic mass is 9.49. The molecule has 4 saturated carbocycles. The van der Waals surface area contributed by atoms with Gasteiger partial charge in [-0.25, -0.2) is 0 Å². The third-order valence-electron chi connectivity index (χ3n) is 7.20. The van der Waals surface area contributed by atoms with Gasteiger partial charge in [0.1, 0.15) is 6.54 Å². The Labute approximate surface area is 161 Å². The van der Waals surface area contributed by atoms with Crippen LogP contribution in [0.3, 0.4) is 0 Å². The fourth-order valence-electron chi connectivity index (χ4n) is 6.56. The van der Waals surface area contributed by atoms with Crippen LogP contribution in [-0.4, -0.2) is 48.4 Å². The first-order valence-corrected chi connectivity index (χ1v) is 10.7. The van der Waals surface area contributed by atoms with Gasteiger partial charge in [-0.15, -0.1) is 0 Å². The predicted octanol–water partition coefficient (Wildman–Crippen LogP) is 2.26. The van der Waals surface area contributed by atoms with Gasteiger partial charge in [-0.2, -0.15) is 0 Å². The van der Waals surface area contributed by atoms with Crippen molar-refractivity contribution in [2.75, 3.05) is 19.6 Å². The summed E-state index contributed by atoms with van der Waals surface area (Å²) in [4.78, 5) is 38.4. The fourth-order valence-corrected chi connectivity index (χ4v) is 6.56. The van der Waals surface area contributed by atoms with Gasteiger partial charge >= 0.3 is 5.97 Å². The first-order chi connectivity index (χ1) is 12.9. The minimum Gasteiger partial charge on any atom is -0.451 e. The highest BCUT2D eigenvalue weighted by Crippen LogP contribution is 2.61. The Morgan fingerprint density at radius 2 is 1.59 bits per heavy atom. The normalized spacial score (nSPS) is 35.1. The zero-order valence-electron chi connectivity index (χ0n) is 16.4. The van der Waals surface area contributed by atoms with Crippen LogP contribution in [0.15, 0.2) is 0 Å². The Kier molecular flexibility index (Phi) is 5.17. The molecular formula is C21H32N2O4. The number of carbonyl (C=O) groups excluding carboxylic acids is 3. The van der Waals surface area contributed by atoms with E-state index < -0.39 is 12.1 Å². The second kappa shape index (κ2) is 7.44. The molecule has 150 valence electrons. The van der Waals surface area contributed by atoms with E-state index in [1.165, 1.54) is 38.5 Å². The van der Waals surface area contributed by atoms with E-state index in [1.807, 2.05) is 0 Å². The highest BCUT2D eigenvalue weighted by molar-refractivity contribution is 5.86. The Morgan fingerprint density at radius 1 is 1.04 bits per heavy atom. The van der Waals surface area contributed by atoms with Gasteiger partial charge in [0, 0.05) is 19.5 Å². The minimum atomic E-state index is -0.782. The van der Waals surface area contributed by atoms with E-state index >= 15 is 0 Å². The summed E-state index contributed by atoms with van der Waals surface area (Å²) in [5.41, 5.74) is 0.168. The largest absolute Gasteiger partial charge is 0.451 e. The molecular weight excluding hydrogens is 344 g/mol. The Balaban J connectivity index is 1.21. The molecule has 5 rings (SSSR count). The van der Waals surface area contributed by atoms with Gasteiger partial charge in [0.05, 0.1) is 0 Å². The molecule has 27 heavy (non-hydrogen) atoms. The molecule has 0 spiro atoms. The van der Waals surface area contributed by atoms with Crippen molar-refractivity contribution >= 4 is 17.8 Å². The van der Waals surface area contributed by atoms with E-state index in [2.05, 4.69) is 5.32 Å². The van der Waals surface area contributed by atoms with Crippen molar-refractivity contribution in [1.29, 1.82) is 0 Å². The van der Waals surface area contributed by atoms with E-state index in [1.54, 1.807) is 11.8 Å². The number of likely N-dealkylation sites (tertiary alicyclic amines) is 1. The van der Waals surface area contributed by atoms with Gasteiger partial charge in [-0.3, -0.25) is 14.4 Å². The molecule has 1 atom stereocenters. The van der Waals surface area contributed by atoms with E-state index in [0.29, 0.717) is 6.42 Å². The summed E-state index contributed by atoms with van der Waals surface area (Å²) < 4.78 is 5.22. The number of nitrogens with one attached hydrogen (secondary N) is 1. The molecule has 5 aliphatic rings. The van der Waals surface area contributed by atoms with Gasteiger partial charge < -0.3 is 15.0 Å². The van der Waals surface area contributed by atoms with Crippen molar-refractivity contribution in [3.63, 3.8) is 0 Å². The minimum absolute atomic E-state index is 0.0487. The summed E-state index contributed by atoms with van der Waals surface area (Å²) in [7, 11) is 0. The number of rotatable bonds is 6. The molecule has 0 unspecified atom stereocenters. The van der Waals surface area contributed by atoms with Crippen molar-refractivity contribution in [1.82, 2.24) is 10.2 Å². The Hall–Kier alpha value is -1.59. The van der Waals surface area contributed by atoms with Crippen LogP contribution in [0.2, 0.25) is 0 Å². The smallest absolute Gasteiger partial charge is 0.326 e. The molecule has 1 aliphatic heterocycles. The summed E-state index contributed by atoms with van der Waals surface area (Å²) in [6.45, 7) is 2.93. The van der Waals surface area contributed by atoms with Crippen molar-refractivity contribution in [3.05, 3.63) is 0 Å². The lowest BCUT2D eigenvalue weighted by Crippen LogP contribution is -2.48. The Morgan fingerprint density at radius 3 is 2.15 bits per heavy atom. The van der Waals surface area contributed by atoms with Crippen molar-refractivity contribution in [2.24, 2.45) is 23.2 Å². The highest BCUT2D eigenvalue weighted by Gasteiger charge is 2.51. The monoisotopic (exact) mass is 376 g/mol.